The van der Waals surface area contributed by atoms with Crippen LogP contribution < -0.4 is 4.74 Å². The van der Waals surface area contributed by atoms with Gasteiger partial charge in [0.2, 0.25) is 5.88 Å². The number of halogens is 2. The number of rotatable bonds is 6. The molecule has 0 radical (unpaired) electrons. The molecule has 7 nitrogen and oxygen atoms in total. The van der Waals surface area contributed by atoms with Crippen LogP contribution in [0.15, 0.2) is 42.7 Å². The van der Waals surface area contributed by atoms with E-state index in [2.05, 4.69) is 19.9 Å². The summed E-state index contributed by atoms with van der Waals surface area (Å²) in [5, 5.41) is 8.93. The van der Waals surface area contributed by atoms with E-state index in [1.165, 1.54) is 24.5 Å². The largest absolute Gasteiger partial charge is 0.481 e. The van der Waals surface area contributed by atoms with Crippen LogP contribution in [0.5, 0.6) is 5.88 Å². The van der Waals surface area contributed by atoms with Crippen LogP contribution in [0.2, 0.25) is 0 Å². The monoisotopic (exact) mass is 478 g/mol. The van der Waals surface area contributed by atoms with Crippen molar-refractivity contribution in [2.75, 3.05) is 0 Å². The molecule has 1 fully saturated rings. The molecule has 2 aromatic heterocycles. The van der Waals surface area contributed by atoms with Gasteiger partial charge in [-0.2, -0.15) is 0 Å². The van der Waals surface area contributed by atoms with Gasteiger partial charge in [0.25, 0.3) is 0 Å². The van der Waals surface area contributed by atoms with Gasteiger partial charge in [-0.05, 0) is 68.4 Å². The summed E-state index contributed by atoms with van der Waals surface area (Å²) in [4.78, 5) is 26.8. The zero-order valence-corrected chi connectivity index (χ0v) is 19.1. The lowest BCUT2D eigenvalue weighted by Gasteiger charge is -2.27. The summed E-state index contributed by atoms with van der Waals surface area (Å²) in [7, 11) is 0. The number of aliphatic carboxylic acids is 1. The van der Waals surface area contributed by atoms with Gasteiger partial charge in [0.05, 0.1) is 29.2 Å². The van der Waals surface area contributed by atoms with Crippen molar-refractivity contribution < 1.29 is 23.4 Å². The number of hydrogen-bond donors (Lipinski definition) is 2. The fourth-order valence-electron chi connectivity index (χ4n) is 4.60. The van der Waals surface area contributed by atoms with E-state index in [4.69, 9.17) is 9.84 Å². The average molecular weight is 478 g/mol. The fourth-order valence-corrected chi connectivity index (χ4v) is 4.60. The molecule has 0 amide bonds. The van der Waals surface area contributed by atoms with E-state index in [0.717, 1.165) is 31.2 Å². The predicted octanol–water partition coefficient (Wildman–Crippen LogP) is 5.69. The van der Waals surface area contributed by atoms with Gasteiger partial charge in [0.15, 0.2) is 5.82 Å². The smallest absolute Gasteiger partial charge is 0.303 e. The van der Waals surface area contributed by atoms with Crippen molar-refractivity contribution in [3.8, 4) is 28.5 Å². The molecular weight excluding hydrogens is 454 g/mol. The van der Waals surface area contributed by atoms with Gasteiger partial charge < -0.3 is 14.8 Å². The summed E-state index contributed by atoms with van der Waals surface area (Å²) in [6.07, 6.45) is 6.39. The third-order valence-electron chi connectivity index (χ3n) is 6.38. The van der Waals surface area contributed by atoms with Crippen LogP contribution >= 0.6 is 0 Å². The molecule has 1 aliphatic carbocycles. The first-order valence-corrected chi connectivity index (χ1v) is 11.5. The highest BCUT2D eigenvalue weighted by Crippen LogP contribution is 2.31. The Hall–Kier alpha value is -3.88. The van der Waals surface area contributed by atoms with E-state index in [9.17, 15) is 13.6 Å². The van der Waals surface area contributed by atoms with Crippen LogP contribution in [-0.2, 0) is 4.79 Å². The number of H-pyrrole nitrogens is 1. The maximum atomic E-state index is 15.0. The second kappa shape index (κ2) is 9.40. The molecule has 0 saturated heterocycles. The van der Waals surface area contributed by atoms with Crippen LogP contribution in [0.3, 0.4) is 0 Å². The van der Waals surface area contributed by atoms with Crippen molar-refractivity contribution in [2.45, 2.75) is 45.1 Å². The lowest BCUT2D eigenvalue weighted by molar-refractivity contribution is -0.138. The summed E-state index contributed by atoms with van der Waals surface area (Å²) in [5.74, 6) is -0.902. The minimum Gasteiger partial charge on any atom is -0.481 e. The second-order valence-electron chi connectivity index (χ2n) is 9.02. The third kappa shape index (κ3) is 4.99. The summed E-state index contributed by atoms with van der Waals surface area (Å²) in [5.41, 5.74) is 2.69. The number of ether oxygens (including phenoxy) is 1. The predicted molar refractivity (Wildman–Crippen MR) is 126 cm³/mol. The van der Waals surface area contributed by atoms with Crippen molar-refractivity contribution in [1.29, 1.82) is 0 Å². The molecule has 1 aliphatic rings. The fraction of sp³-hybridized carbons (Fsp3) is 0.308. The number of aromatic amines is 1. The van der Waals surface area contributed by atoms with Gasteiger partial charge >= 0.3 is 5.97 Å². The molecular formula is C26H24F2N4O3. The number of benzene rings is 2. The molecule has 5 rings (SSSR count). The zero-order chi connectivity index (χ0) is 24.5. The minimum absolute atomic E-state index is 0.0191. The van der Waals surface area contributed by atoms with E-state index < -0.39 is 17.6 Å². The van der Waals surface area contributed by atoms with Gasteiger partial charge in [0.1, 0.15) is 23.3 Å². The molecule has 0 aliphatic heterocycles. The Kier molecular flexibility index (Phi) is 6.15. The van der Waals surface area contributed by atoms with Crippen molar-refractivity contribution in [1.82, 2.24) is 19.9 Å². The van der Waals surface area contributed by atoms with Crippen molar-refractivity contribution in [2.24, 2.45) is 5.92 Å². The first kappa shape index (κ1) is 22.9. The molecule has 35 heavy (non-hydrogen) atoms. The van der Waals surface area contributed by atoms with Gasteiger partial charge in [-0.1, -0.05) is 6.07 Å². The van der Waals surface area contributed by atoms with Gasteiger partial charge in [0, 0.05) is 12.0 Å². The Labute approximate surface area is 200 Å². The third-order valence-corrected chi connectivity index (χ3v) is 6.38. The molecule has 0 unspecified atom stereocenters. The summed E-state index contributed by atoms with van der Waals surface area (Å²) >= 11 is 0. The van der Waals surface area contributed by atoms with Crippen LogP contribution in [0, 0.1) is 24.5 Å². The zero-order valence-electron chi connectivity index (χ0n) is 19.1. The van der Waals surface area contributed by atoms with E-state index in [1.807, 2.05) is 0 Å². The highest BCUT2D eigenvalue weighted by atomic mass is 19.1. The molecule has 0 atom stereocenters. The Bertz CT molecular complexity index is 1380. The lowest BCUT2D eigenvalue weighted by atomic mass is 9.85. The second-order valence-corrected chi connectivity index (χ2v) is 9.02. The topological polar surface area (TPSA) is 101 Å². The average Bonchev–Trinajstić information content (AvgIpc) is 3.24. The summed E-state index contributed by atoms with van der Waals surface area (Å²) < 4.78 is 35.1. The molecule has 180 valence electrons. The standard InChI is InChI=1S/C26H24F2N4O3/c1-14-8-20(28)25-21(9-14)31-26(32-25)18-7-4-16(11-19(18)27)22-12-30-23(13-29-22)35-17-5-2-15(3-6-17)10-24(33)34/h4,7-9,11-13,15,17H,2-3,5-6,10H2,1H3,(H,31,32)(H,33,34). The van der Waals surface area contributed by atoms with Gasteiger partial charge in [-0.3, -0.25) is 4.79 Å². The highest BCUT2D eigenvalue weighted by molar-refractivity contribution is 5.81. The molecule has 1 saturated carbocycles. The Morgan fingerprint density at radius 1 is 1.09 bits per heavy atom. The first-order valence-electron chi connectivity index (χ1n) is 11.5. The summed E-state index contributed by atoms with van der Waals surface area (Å²) in [6.45, 7) is 1.78. The van der Waals surface area contributed by atoms with Crippen LogP contribution in [0.25, 0.3) is 33.7 Å². The maximum absolute atomic E-state index is 15.0. The number of nitrogens with one attached hydrogen (secondary N) is 1. The van der Waals surface area contributed by atoms with Crippen molar-refractivity contribution >= 4 is 17.0 Å². The number of carboxylic acids is 1. The highest BCUT2D eigenvalue weighted by Gasteiger charge is 2.24. The lowest BCUT2D eigenvalue weighted by Crippen LogP contribution is -2.25. The number of hydrogen-bond acceptors (Lipinski definition) is 5. The van der Waals surface area contributed by atoms with Crippen LogP contribution in [0.1, 0.15) is 37.7 Å². The normalized spacial score (nSPS) is 18.0. The molecule has 0 bridgehead atoms. The van der Waals surface area contributed by atoms with Crippen molar-refractivity contribution in [3.05, 3.63) is 59.9 Å². The molecule has 2 aromatic carbocycles. The Balaban J connectivity index is 1.28. The van der Waals surface area contributed by atoms with E-state index in [-0.39, 0.29) is 35.3 Å². The maximum Gasteiger partial charge on any atom is 0.303 e. The molecule has 2 N–H and O–H groups in total. The molecule has 9 heteroatoms. The number of imidazole rings is 1. The van der Waals surface area contributed by atoms with Gasteiger partial charge in [-0.15, -0.1) is 0 Å². The van der Waals surface area contributed by atoms with E-state index in [1.54, 1.807) is 25.1 Å². The van der Waals surface area contributed by atoms with Crippen molar-refractivity contribution in [3.63, 3.8) is 0 Å². The number of nitrogens with zero attached hydrogens (tertiary/aromatic N) is 3. The van der Waals surface area contributed by atoms with Crippen LogP contribution in [-0.4, -0.2) is 37.1 Å². The van der Waals surface area contributed by atoms with E-state index in [0.29, 0.717) is 22.7 Å². The minimum atomic E-state index is -0.762. The first-order chi connectivity index (χ1) is 16.9. The number of carbonyl (C=O) groups is 1. The van der Waals surface area contributed by atoms with E-state index >= 15 is 0 Å². The SMILES string of the molecule is Cc1cc(F)c2nc(-c3ccc(-c4cnc(OC5CCC(CC(=O)O)CC5)cn4)cc3F)[nH]c2c1. The molecule has 4 aromatic rings. The van der Waals surface area contributed by atoms with Crippen LogP contribution in [0.4, 0.5) is 8.78 Å². The Morgan fingerprint density at radius 2 is 1.89 bits per heavy atom. The number of aromatic nitrogens is 4. The number of fused-ring (bicyclic) bond motifs is 1. The molecule has 0 spiro atoms. The quantitative estimate of drug-likeness (QED) is 0.369. The summed E-state index contributed by atoms with van der Waals surface area (Å²) in [6, 6.07) is 7.79. The molecule has 2 heterocycles. The van der Waals surface area contributed by atoms with Gasteiger partial charge in [-0.25, -0.2) is 23.7 Å². The Morgan fingerprint density at radius 3 is 2.57 bits per heavy atom. The number of carboxylic acid groups (broad SMARTS) is 1. The number of aryl methyl sites for hydroxylation is 1.